The third-order valence-corrected chi connectivity index (χ3v) is 8.12. The second-order valence-corrected chi connectivity index (χ2v) is 12.5. The zero-order valence-corrected chi connectivity index (χ0v) is 33.0. The molecule has 6 nitrogen and oxygen atoms in total. The van der Waals surface area contributed by atoms with Gasteiger partial charge in [-0.3, -0.25) is 0 Å². The van der Waals surface area contributed by atoms with Crippen molar-refractivity contribution in [2.24, 2.45) is 0 Å². The van der Waals surface area contributed by atoms with Crippen LogP contribution in [0, 0.1) is 0 Å². The van der Waals surface area contributed by atoms with Gasteiger partial charge in [0.15, 0.2) is 0 Å². The summed E-state index contributed by atoms with van der Waals surface area (Å²) >= 11 is 0. The van der Waals surface area contributed by atoms with Gasteiger partial charge in [-0.25, -0.2) is 0 Å². The van der Waals surface area contributed by atoms with E-state index in [-0.39, 0.29) is 73.9 Å². The molecule has 0 aliphatic heterocycles. The SMILES string of the molecule is CCCCCC(O)CCCCCCCCCCCC(=O)[O-].CCCCCC(O)CCCCCCCCCCCC(=O)[O-].[Ba+2]. The van der Waals surface area contributed by atoms with Crippen molar-refractivity contribution in [2.45, 2.75) is 219 Å². The molecule has 0 aromatic carbocycles. The number of hydrogen-bond donors (Lipinski definition) is 2. The topological polar surface area (TPSA) is 121 Å². The third-order valence-electron chi connectivity index (χ3n) is 8.12. The Bertz CT molecular complexity index is 512. The maximum absolute atomic E-state index is 10.2. The summed E-state index contributed by atoms with van der Waals surface area (Å²) < 4.78 is 0. The van der Waals surface area contributed by atoms with Gasteiger partial charge in [-0.15, -0.1) is 0 Å². The molecule has 2 unspecified atom stereocenters. The van der Waals surface area contributed by atoms with Crippen LogP contribution in [0.5, 0.6) is 0 Å². The summed E-state index contributed by atoms with van der Waals surface area (Å²) in [6, 6.07) is 0. The second kappa shape index (κ2) is 40.5. The zero-order valence-electron chi connectivity index (χ0n) is 28.6. The number of carbonyl (C=O) groups is 2. The van der Waals surface area contributed by atoms with Crippen LogP contribution < -0.4 is 10.2 Å². The number of hydrogen-bond acceptors (Lipinski definition) is 6. The van der Waals surface area contributed by atoms with Crippen LogP contribution in [0.25, 0.3) is 0 Å². The fourth-order valence-electron chi connectivity index (χ4n) is 5.32. The number of aliphatic hydroxyl groups excluding tert-OH is 2. The smallest absolute Gasteiger partial charge is 0.550 e. The van der Waals surface area contributed by atoms with Gasteiger partial charge in [0.1, 0.15) is 0 Å². The molecule has 0 amide bonds. The number of aliphatic hydroxyl groups is 2. The van der Waals surface area contributed by atoms with Crippen molar-refractivity contribution in [2.75, 3.05) is 0 Å². The number of rotatable bonds is 32. The summed E-state index contributed by atoms with van der Waals surface area (Å²) in [6.07, 6.45) is 32.0. The summed E-state index contributed by atoms with van der Waals surface area (Å²) in [7, 11) is 0. The maximum Gasteiger partial charge on any atom is 2.00 e. The maximum atomic E-state index is 10.2. The normalized spacial score (nSPS) is 12.2. The molecule has 0 radical (unpaired) electrons. The Morgan fingerprint density at radius 1 is 0.419 bits per heavy atom. The van der Waals surface area contributed by atoms with E-state index in [1.165, 1.54) is 89.9 Å². The number of carboxylic acid groups (broad SMARTS) is 2. The van der Waals surface area contributed by atoms with Crippen LogP contribution in [0.4, 0.5) is 0 Å². The minimum absolute atomic E-state index is 0. The van der Waals surface area contributed by atoms with Gasteiger partial charge in [0.05, 0.1) is 12.2 Å². The number of aliphatic carboxylic acids is 2. The van der Waals surface area contributed by atoms with Crippen LogP contribution in [-0.2, 0) is 9.59 Å². The van der Waals surface area contributed by atoms with E-state index in [0.717, 1.165) is 89.9 Å². The predicted molar refractivity (Wildman–Crippen MR) is 178 cm³/mol. The molecule has 252 valence electrons. The van der Waals surface area contributed by atoms with Gasteiger partial charge in [0.2, 0.25) is 0 Å². The van der Waals surface area contributed by atoms with E-state index in [1.54, 1.807) is 0 Å². The Morgan fingerprint density at radius 3 is 0.860 bits per heavy atom. The van der Waals surface area contributed by atoms with E-state index in [1.807, 2.05) is 0 Å². The second-order valence-electron chi connectivity index (χ2n) is 12.5. The number of unbranched alkanes of at least 4 members (excludes halogenated alkanes) is 20. The number of carboxylic acids is 2. The van der Waals surface area contributed by atoms with Crippen molar-refractivity contribution in [3.8, 4) is 0 Å². The molecule has 0 rings (SSSR count). The summed E-state index contributed by atoms with van der Waals surface area (Å²) in [5.74, 6) is -1.85. The fraction of sp³-hybridized carbons (Fsp3) is 0.944. The average Bonchev–Trinajstić information content (AvgIpc) is 2.95. The standard InChI is InChI=1S/2C18H36O3.Ba/c2*1-2-3-11-14-17(19)15-12-9-7-5-4-6-8-10-13-16-18(20)21;/h2*17,19H,2-16H2,1H3,(H,20,21);/q;;+2/p-2. The Morgan fingerprint density at radius 2 is 0.628 bits per heavy atom. The molecule has 0 spiro atoms. The zero-order chi connectivity index (χ0) is 31.5. The van der Waals surface area contributed by atoms with E-state index in [9.17, 15) is 30.0 Å². The van der Waals surface area contributed by atoms with Crippen molar-refractivity contribution in [1.29, 1.82) is 0 Å². The van der Waals surface area contributed by atoms with Gasteiger partial charge in [0.25, 0.3) is 0 Å². The predicted octanol–water partition coefficient (Wildman–Crippen LogP) is 7.56. The first-order valence-corrected chi connectivity index (χ1v) is 18.1. The molecule has 0 bridgehead atoms. The molecule has 0 heterocycles. The molecule has 2 atom stereocenters. The molecular weight excluding hydrogens is 666 g/mol. The van der Waals surface area contributed by atoms with Gasteiger partial charge in [-0.05, 0) is 51.4 Å². The largest absolute Gasteiger partial charge is 2.00 e. The van der Waals surface area contributed by atoms with Gasteiger partial charge in [-0.2, -0.15) is 0 Å². The first kappa shape index (κ1) is 47.8. The molecule has 43 heavy (non-hydrogen) atoms. The van der Waals surface area contributed by atoms with Crippen LogP contribution in [0.15, 0.2) is 0 Å². The van der Waals surface area contributed by atoms with Crippen molar-refractivity contribution in [3.63, 3.8) is 0 Å². The summed E-state index contributed by atoms with van der Waals surface area (Å²) in [5.41, 5.74) is 0. The van der Waals surface area contributed by atoms with Crippen molar-refractivity contribution in [3.05, 3.63) is 0 Å². The molecular formula is C36H70BaO6. The summed E-state index contributed by atoms with van der Waals surface area (Å²) in [6.45, 7) is 4.38. The van der Waals surface area contributed by atoms with E-state index < -0.39 is 11.9 Å². The van der Waals surface area contributed by atoms with Crippen LogP contribution in [0.1, 0.15) is 206 Å². The minimum Gasteiger partial charge on any atom is -0.550 e. The molecule has 2 N–H and O–H groups in total. The molecule has 0 saturated carbocycles. The minimum atomic E-state index is -0.924. The first-order chi connectivity index (χ1) is 20.3. The molecule has 7 heteroatoms. The van der Waals surface area contributed by atoms with E-state index in [2.05, 4.69) is 13.8 Å². The Labute approximate surface area is 307 Å². The monoisotopic (exact) mass is 736 g/mol. The van der Waals surface area contributed by atoms with Gasteiger partial charge in [-0.1, -0.05) is 155 Å². The van der Waals surface area contributed by atoms with E-state index >= 15 is 0 Å². The number of carbonyl (C=O) groups excluding carboxylic acids is 2. The van der Waals surface area contributed by atoms with Crippen LogP contribution in [0.2, 0.25) is 0 Å². The van der Waals surface area contributed by atoms with Crippen LogP contribution in [0.3, 0.4) is 0 Å². The fourth-order valence-corrected chi connectivity index (χ4v) is 5.32. The van der Waals surface area contributed by atoms with E-state index in [0.29, 0.717) is 0 Å². The third kappa shape index (κ3) is 47.0. The molecule has 0 aliphatic rings. The Kier molecular flexibility index (Phi) is 45.0. The average molecular weight is 736 g/mol. The molecule has 0 saturated heterocycles. The quantitative estimate of drug-likeness (QED) is 0.0544. The van der Waals surface area contributed by atoms with Crippen LogP contribution in [-0.4, -0.2) is 83.2 Å². The summed E-state index contributed by atoms with van der Waals surface area (Å²) in [4.78, 5) is 20.5. The molecule has 0 aromatic heterocycles. The first-order valence-electron chi connectivity index (χ1n) is 18.1. The molecule has 0 aliphatic carbocycles. The van der Waals surface area contributed by atoms with Gasteiger partial charge >= 0.3 is 48.9 Å². The Balaban J connectivity index is -0.000000727. The molecule has 0 aromatic rings. The van der Waals surface area contributed by atoms with Crippen molar-refractivity contribution >= 4 is 60.8 Å². The molecule has 0 fully saturated rings. The van der Waals surface area contributed by atoms with Crippen molar-refractivity contribution in [1.82, 2.24) is 0 Å². The summed E-state index contributed by atoms with van der Waals surface area (Å²) in [5, 5.41) is 40.0. The van der Waals surface area contributed by atoms with E-state index in [4.69, 9.17) is 0 Å². The Hall–Kier alpha value is 0.431. The van der Waals surface area contributed by atoms with Gasteiger partial charge < -0.3 is 30.0 Å². The van der Waals surface area contributed by atoms with Crippen LogP contribution >= 0.6 is 0 Å². The van der Waals surface area contributed by atoms with Crippen molar-refractivity contribution < 1.29 is 30.0 Å². The van der Waals surface area contributed by atoms with Gasteiger partial charge in [0, 0.05) is 11.9 Å².